The molecule has 0 saturated carbocycles. The summed E-state index contributed by atoms with van der Waals surface area (Å²) in [5.41, 5.74) is 0.0193. The zero-order chi connectivity index (χ0) is 18.3. The summed E-state index contributed by atoms with van der Waals surface area (Å²) in [7, 11) is 2.65. The number of hydrogen-bond acceptors (Lipinski definition) is 8. The van der Waals surface area contributed by atoms with E-state index in [-0.39, 0.29) is 28.6 Å². The number of carbonyl (C=O) groups excluding carboxylic acids is 1. The number of aliphatic hydroxyl groups excluding tert-OH is 1. The van der Waals surface area contributed by atoms with Crippen molar-refractivity contribution in [2.75, 3.05) is 14.2 Å². The smallest absolute Gasteiger partial charge is 0.204 e. The molecule has 2 aromatic rings. The van der Waals surface area contributed by atoms with Crippen LogP contribution in [0.25, 0.3) is 0 Å². The van der Waals surface area contributed by atoms with Crippen LogP contribution in [0.4, 0.5) is 0 Å². The molecule has 0 aliphatic carbocycles. The highest BCUT2D eigenvalue weighted by Crippen LogP contribution is 2.49. The van der Waals surface area contributed by atoms with Crippen molar-refractivity contribution in [2.24, 2.45) is 0 Å². The highest BCUT2D eigenvalue weighted by molar-refractivity contribution is 6.06. The van der Waals surface area contributed by atoms with Gasteiger partial charge in [0.15, 0.2) is 35.2 Å². The SMILES string of the molecule is COc1ccc(C2Oc3c(OC)c(O)cc(O)c3C(=O)C2O)cc1O. The number of benzene rings is 2. The Morgan fingerprint density at radius 3 is 2.32 bits per heavy atom. The molecule has 25 heavy (non-hydrogen) atoms. The van der Waals surface area contributed by atoms with Crippen LogP contribution in [-0.2, 0) is 0 Å². The number of aromatic hydroxyl groups is 3. The average Bonchev–Trinajstić information content (AvgIpc) is 2.57. The molecule has 8 heteroatoms. The summed E-state index contributed by atoms with van der Waals surface area (Å²) in [5.74, 6) is -2.05. The van der Waals surface area contributed by atoms with Crippen molar-refractivity contribution in [3.8, 4) is 34.5 Å². The number of hydrogen-bond donors (Lipinski definition) is 4. The first kappa shape index (κ1) is 16.7. The van der Waals surface area contributed by atoms with Gasteiger partial charge in [-0.05, 0) is 17.7 Å². The van der Waals surface area contributed by atoms with Gasteiger partial charge in [-0.1, -0.05) is 6.07 Å². The molecule has 0 radical (unpaired) electrons. The fraction of sp³-hybridized carbons (Fsp3) is 0.235. The predicted molar refractivity (Wildman–Crippen MR) is 84.7 cm³/mol. The zero-order valence-corrected chi connectivity index (χ0v) is 13.4. The molecule has 0 amide bonds. The highest BCUT2D eigenvalue weighted by atomic mass is 16.5. The Kier molecular flexibility index (Phi) is 4.05. The van der Waals surface area contributed by atoms with Crippen molar-refractivity contribution in [2.45, 2.75) is 12.2 Å². The standard InChI is InChI=1S/C17H16O8/c1-23-11-4-3-7(5-8(11)18)15-14(22)13(21)12-9(19)6-10(20)16(24-2)17(12)25-15/h3-6,14-15,18-20,22H,1-2H3. The van der Waals surface area contributed by atoms with E-state index in [0.29, 0.717) is 5.56 Å². The van der Waals surface area contributed by atoms with E-state index in [9.17, 15) is 25.2 Å². The third-order valence-corrected chi connectivity index (χ3v) is 3.98. The van der Waals surface area contributed by atoms with Crippen molar-refractivity contribution in [1.29, 1.82) is 0 Å². The van der Waals surface area contributed by atoms with Crippen LogP contribution in [0.3, 0.4) is 0 Å². The Bertz CT molecular complexity index is 845. The summed E-state index contributed by atoms with van der Waals surface area (Å²) in [6, 6.07) is 5.20. The summed E-state index contributed by atoms with van der Waals surface area (Å²) in [4.78, 5) is 12.5. The van der Waals surface area contributed by atoms with E-state index in [4.69, 9.17) is 14.2 Å². The minimum atomic E-state index is -1.62. The lowest BCUT2D eigenvalue weighted by atomic mass is 9.92. The minimum Gasteiger partial charge on any atom is -0.507 e. The normalized spacial score (nSPS) is 19.1. The Morgan fingerprint density at radius 1 is 1.00 bits per heavy atom. The molecule has 2 unspecified atom stereocenters. The van der Waals surface area contributed by atoms with Gasteiger partial charge in [-0.3, -0.25) is 4.79 Å². The Labute approximate surface area is 142 Å². The zero-order valence-electron chi connectivity index (χ0n) is 13.4. The molecular weight excluding hydrogens is 332 g/mol. The molecule has 2 atom stereocenters. The molecule has 0 spiro atoms. The topological polar surface area (TPSA) is 126 Å². The van der Waals surface area contributed by atoms with Crippen LogP contribution < -0.4 is 14.2 Å². The molecule has 2 aromatic carbocycles. The second-order valence-corrected chi connectivity index (χ2v) is 5.43. The monoisotopic (exact) mass is 348 g/mol. The predicted octanol–water partition coefficient (Wildman–Crippen LogP) is 1.50. The molecule has 3 rings (SSSR count). The number of carbonyl (C=O) groups is 1. The van der Waals surface area contributed by atoms with Crippen molar-refractivity contribution < 1.29 is 39.4 Å². The third-order valence-electron chi connectivity index (χ3n) is 3.98. The number of ether oxygens (including phenoxy) is 3. The lowest BCUT2D eigenvalue weighted by Crippen LogP contribution is -2.36. The summed E-state index contributed by atoms with van der Waals surface area (Å²) >= 11 is 0. The van der Waals surface area contributed by atoms with E-state index in [1.165, 1.54) is 32.4 Å². The highest BCUT2D eigenvalue weighted by Gasteiger charge is 2.41. The molecule has 0 aromatic heterocycles. The van der Waals surface area contributed by atoms with Gasteiger partial charge in [0, 0.05) is 6.07 Å². The molecule has 1 heterocycles. The van der Waals surface area contributed by atoms with E-state index < -0.39 is 29.5 Å². The number of methoxy groups -OCH3 is 2. The summed E-state index contributed by atoms with van der Waals surface area (Å²) < 4.78 is 15.6. The van der Waals surface area contributed by atoms with Crippen LogP contribution in [0.15, 0.2) is 24.3 Å². The van der Waals surface area contributed by atoms with Gasteiger partial charge in [0.1, 0.15) is 11.3 Å². The largest absolute Gasteiger partial charge is 0.507 e. The van der Waals surface area contributed by atoms with Crippen molar-refractivity contribution >= 4 is 5.78 Å². The van der Waals surface area contributed by atoms with Crippen molar-refractivity contribution in [1.82, 2.24) is 0 Å². The first-order valence-corrected chi connectivity index (χ1v) is 7.27. The van der Waals surface area contributed by atoms with Gasteiger partial charge in [-0.2, -0.15) is 0 Å². The number of aliphatic hydroxyl groups is 1. The summed E-state index contributed by atoms with van der Waals surface area (Å²) in [6.45, 7) is 0. The molecule has 0 bridgehead atoms. The van der Waals surface area contributed by atoms with Crippen molar-refractivity contribution in [3.05, 3.63) is 35.4 Å². The van der Waals surface area contributed by atoms with Crippen molar-refractivity contribution in [3.63, 3.8) is 0 Å². The van der Waals surface area contributed by atoms with Crippen LogP contribution in [0.5, 0.6) is 34.5 Å². The lowest BCUT2D eigenvalue weighted by molar-refractivity contribution is 0.0197. The van der Waals surface area contributed by atoms with Crippen LogP contribution in [0, 0.1) is 0 Å². The average molecular weight is 348 g/mol. The van der Waals surface area contributed by atoms with E-state index in [1.807, 2.05) is 0 Å². The number of phenolic OH excluding ortho intramolecular Hbond substituents is 3. The maximum Gasteiger partial charge on any atom is 0.204 e. The number of rotatable bonds is 3. The lowest BCUT2D eigenvalue weighted by Gasteiger charge is -2.31. The quantitative estimate of drug-likeness (QED) is 0.657. The Morgan fingerprint density at radius 2 is 1.72 bits per heavy atom. The molecule has 132 valence electrons. The van der Waals surface area contributed by atoms with Gasteiger partial charge in [0.25, 0.3) is 0 Å². The summed E-state index contributed by atoms with van der Waals surface area (Å²) in [5, 5.41) is 40.0. The molecule has 0 fully saturated rings. The van der Waals surface area contributed by atoms with Crippen LogP contribution in [0.1, 0.15) is 22.0 Å². The molecule has 8 nitrogen and oxygen atoms in total. The second kappa shape index (κ2) is 6.06. The van der Waals surface area contributed by atoms with Crippen LogP contribution in [0.2, 0.25) is 0 Å². The number of ketones is 1. The first-order chi connectivity index (χ1) is 11.9. The first-order valence-electron chi connectivity index (χ1n) is 7.27. The van der Waals surface area contributed by atoms with Gasteiger partial charge in [0.05, 0.1) is 14.2 Å². The Hall–Kier alpha value is -3.13. The van der Waals surface area contributed by atoms with Crippen LogP contribution >= 0.6 is 0 Å². The molecular formula is C17H16O8. The van der Waals surface area contributed by atoms with E-state index in [2.05, 4.69) is 0 Å². The maximum absolute atomic E-state index is 12.5. The van der Waals surface area contributed by atoms with E-state index in [0.717, 1.165) is 6.07 Å². The van der Waals surface area contributed by atoms with E-state index in [1.54, 1.807) is 0 Å². The molecule has 1 aliphatic heterocycles. The van der Waals surface area contributed by atoms with Crippen LogP contribution in [-0.4, -0.2) is 46.5 Å². The number of Topliss-reactive ketones (excluding diaryl/α,β-unsaturated/α-hetero) is 1. The fourth-order valence-corrected chi connectivity index (χ4v) is 2.77. The van der Waals surface area contributed by atoms with Gasteiger partial charge < -0.3 is 34.6 Å². The maximum atomic E-state index is 12.5. The van der Waals surface area contributed by atoms with Gasteiger partial charge >= 0.3 is 0 Å². The molecule has 1 aliphatic rings. The third kappa shape index (κ3) is 2.56. The molecule has 0 saturated heterocycles. The second-order valence-electron chi connectivity index (χ2n) is 5.43. The minimum absolute atomic E-state index is 0.143. The Balaban J connectivity index is 2.12. The summed E-state index contributed by atoms with van der Waals surface area (Å²) in [6.07, 6.45) is -2.80. The van der Waals surface area contributed by atoms with Gasteiger partial charge in [0.2, 0.25) is 11.5 Å². The van der Waals surface area contributed by atoms with E-state index >= 15 is 0 Å². The fourth-order valence-electron chi connectivity index (χ4n) is 2.77. The van der Waals surface area contributed by atoms with Gasteiger partial charge in [-0.15, -0.1) is 0 Å². The molecule has 4 N–H and O–H groups in total. The number of fused-ring (bicyclic) bond motifs is 1. The van der Waals surface area contributed by atoms with Gasteiger partial charge in [-0.25, -0.2) is 0 Å². The number of phenols is 3.